The van der Waals surface area contributed by atoms with Crippen LogP contribution in [0.3, 0.4) is 0 Å². The quantitative estimate of drug-likeness (QED) is 0.742. The SMILES string of the molecule is C=CCC(C)/C=C(\C)NC(=O)OC(C)(C)C. The van der Waals surface area contributed by atoms with Gasteiger partial charge in [0.15, 0.2) is 0 Å². The normalized spacial score (nSPS) is 14.2. The molecule has 16 heavy (non-hydrogen) atoms. The van der Waals surface area contributed by atoms with Gasteiger partial charge in [-0.2, -0.15) is 0 Å². The van der Waals surface area contributed by atoms with Gasteiger partial charge in [0.1, 0.15) is 5.60 Å². The lowest BCUT2D eigenvalue weighted by Crippen LogP contribution is -2.31. The molecule has 0 fully saturated rings. The predicted octanol–water partition coefficient (Wildman–Crippen LogP) is 3.63. The molecule has 0 aromatic heterocycles. The lowest BCUT2D eigenvalue weighted by molar-refractivity contribution is 0.0546. The van der Waals surface area contributed by atoms with E-state index in [2.05, 4.69) is 18.8 Å². The maximum Gasteiger partial charge on any atom is 0.411 e. The van der Waals surface area contributed by atoms with Crippen molar-refractivity contribution in [3.63, 3.8) is 0 Å². The zero-order valence-corrected chi connectivity index (χ0v) is 11.0. The molecule has 0 radical (unpaired) electrons. The van der Waals surface area contributed by atoms with E-state index in [1.807, 2.05) is 39.8 Å². The molecule has 0 aromatic carbocycles. The number of carbonyl (C=O) groups excluding carboxylic acids is 1. The molecule has 3 heteroatoms. The Kier molecular flexibility index (Phi) is 5.86. The third kappa shape index (κ3) is 8.09. The van der Waals surface area contributed by atoms with E-state index in [1.165, 1.54) is 0 Å². The summed E-state index contributed by atoms with van der Waals surface area (Å²) >= 11 is 0. The van der Waals surface area contributed by atoms with Gasteiger partial charge in [-0.25, -0.2) is 4.79 Å². The number of hydrogen-bond acceptors (Lipinski definition) is 2. The third-order valence-electron chi connectivity index (χ3n) is 1.77. The highest BCUT2D eigenvalue weighted by Gasteiger charge is 2.15. The van der Waals surface area contributed by atoms with Gasteiger partial charge < -0.3 is 4.74 Å². The van der Waals surface area contributed by atoms with Crippen LogP contribution in [0.25, 0.3) is 0 Å². The average Bonchev–Trinajstić information content (AvgIpc) is 1.98. The second kappa shape index (κ2) is 6.36. The van der Waals surface area contributed by atoms with Gasteiger partial charge in [0.05, 0.1) is 0 Å². The highest BCUT2D eigenvalue weighted by molar-refractivity contribution is 5.69. The molecule has 1 amide bonds. The van der Waals surface area contributed by atoms with Crippen LogP contribution in [0, 0.1) is 5.92 Å². The average molecular weight is 225 g/mol. The van der Waals surface area contributed by atoms with Crippen LogP contribution in [-0.4, -0.2) is 11.7 Å². The van der Waals surface area contributed by atoms with Crippen molar-refractivity contribution in [2.24, 2.45) is 5.92 Å². The highest BCUT2D eigenvalue weighted by Crippen LogP contribution is 2.09. The standard InChI is InChI=1S/C13H23NO2/c1-7-8-10(2)9-11(3)14-12(15)16-13(4,5)6/h7,9-10H,1,8H2,2-6H3,(H,14,15)/b11-9+. The summed E-state index contributed by atoms with van der Waals surface area (Å²) in [4.78, 5) is 11.4. The number of hydrogen-bond donors (Lipinski definition) is 1. The van der Waals surface area contributed by atoms with Crippen molar-refractivity contribution < 1.29 is 9.53 Å². The van der Waals surface area contributed by atoms with Crippen molar-refractivity contribution in [1.29, 1.82) is 0 Å². The first kappa shape index (κ1) is 14.8. The molecule has 0 saturated carbocycles. The number of ether oxygens (including phenoxy) is 1. The van der Waals surface area contributed by atoms with Crippen LogP contribution >= 0.6 is 0 Å². The summed E-state index contributed by atoms with van der Waals surface area (Å²) in [5.41, 5.74) is 0.348. The van der Waals surface area contributed by atoms with E-state index in [4.69, 9.17) is 4.74 Å². The van der Waals surface area contributed by atoms with E-state index in [9.17, 15) is 4.79 Å². The molecule has 3 nitrogen and oxygen atoms in total. The summed E-state index contributed by atoms with van der Waals surface area (Å²) in [6.45, 7) is 13.1. The summed E-state index contributed by atoms with van der Waals surface area (Å²) in [5, 5.41) is 2.69. The van der Waals surface area contributed by atoms with Gasteiger partial charge in [0.2, 0.25) is 0 Å². The lowest BCUT2D eigenvalue weighted by Gasteiger charge is -2.20. The van der Waals surface area contributed by atoms with Gasteiger partial charge in [-0.05, 0) is 40.0 Å². The lowest BCUT2D eigenvalue weighted by atomic mass is 10.1. The molecule has 0 aliphatic heterocycles. The Balaban J connectivity index is 4.18. The van der Waals surface area contributed by atoms with Gasteiger partial charge in [0.25, 0.3) is 0 Å². The van der Waals surface area contributed by atoms with Crippen LogP contribution in [-0.2, 0) is 4.74 Å². The number of alkyl carbamates (subject to hydrolysis) is 1. The zero-order chi connectivity index (χ0) is 12.8. The molecule has 0 spiro atoms. The van der Waals surface area contributed by atoms with Gasteiger partial charge in [-0.15, -0.1) is 6.58 Å². The number of allylic oxidation sites excluding steroid dienone is 3. The minimum Gasteiger partial charge on any atom is -0.444 e. The van der Waals surface area contributed by atoms with E-state index in [0.29, 0.717) is 5.92 Å². The fourth-order valence-electron chi connectivity index (χ4n) is 1.26. The highest BCUT2D eigenvalue weighted by atomic mass is 16.6. The third-order valence-corrected chi connectivity index (χ3v) is 1.77. The Hall–Kier alpha value is -1.25. The summed E-state index contributed by atoms with van der Waals surface area (Å²) in [5.74, 6) is 0.368. The first-order valence-electron chi connectivity index (χ1n) is 5.54. The minimum absolute atomic E-state index is 0.368. The molecule has 92 valence electrons. The summed E-state index contributed by atoms with van der Waals surface area (Å²) in [6, 6.07) is 0. The Morgan fingerprint density at radius 1 is 1.50 bits per heavy atom. The molecule has 0 aliphatic carbocycles. The van der Waals surface area contributed by atoms with Crippen LogP contribution in [0.5, 0.6) is 0 Å². The summed E-state index contributed by atoms with van der Waals surface area (Å²) in [6.07, 6.45) is 4.34. The van der Waals surface area contributed by atoms with Crippen LogP contribution in [0.1, 0.15) is 41.0 Å². The Morgan fingerprint density at radius 3 is 2.50 bits per heavy atom. The molecular weight excluding hydrogens is 202 g/mol. The molecule has 1 atom stereocenters. The van der Waals surface area contributed by atoms with Crippen molar-refractivity contribution in [2.75, 3.05) is 0 Å². The van der Waals surface area contributed by atoms with E-state index in [1.54, 1.807) is 0 Å². The molecule has 1 unspecified atom stereocenters. The molecule has 0 rings (SSSR count). The Labute approximate surface area is 98.6 Å². The Morgan fingerprint density at radius 2 is 2.06 bits per heavy atom. The van der Waals surface area contributed by atoms with Crippen LogP contribution < -0.4 is 5.32 Å². The molecule has 0 saturated heterocycles. The maximum atomic E-state index is 11.4. The van der Waals surface area contributed by atoms with Crippen molar-refractivity contribution in [2.45, 2.75) is 46.6 Å². The summed E-state index contributed by atoms with van der Waals surface area (Å²) in [7, 11) is 0. The fourth-order valence-corrected chi connectivity index (χ4v) is 1.26. The van der Waals surface area contributed by atoms with Gasteiger partial charge in [-0.1, -0.05) is 19.1 Å². The van der Waals surface area contributed by atoms with Crippen LogP contribution in [0.15, 0.2) is 24.4 Å². The number of carbonyl (C=O) groups is 1. The largest absolute Gasteiger partial charge is 0.444 e. The summed E-state index contributed by atoms with van der Waals surface area (Å²) < 4.78 is 5.14. The second-order valence-electron chi connectivity index (χ2n) is 4.98. The molecular formula is C13H23NO2. The molecule has 1 N–H and O–H groups in total. The second-order valence-corrected chi connectivity index (χ2v) is 4.98. The number of amides is 1. The van der Waals surface area contributed by atoms with Gasteiger partial charge in [-0.3, -0.25) is 5.32 Å². The number of nitrogens with one attached hydrogen (secondary N) is 1. The van der Waals surface area contributed by atoms with Crippen molar-refractivity contribution >= 4 is 6.09 Å². The monoisotopic (exact) mass is 225 g/mol. The van der Waals surface area contributed by atoms with Crippen LogP contribution in [0.4, 0.5) is 4.79 Å². The van der Waals surface area contributed by atoms with E-state index >= 15 is 0 Å². The topological polar surface area (TPSA) is 38.3 Å². The van der Waals surface area contributed by atoms with Crippen molar-refractivity contribution in [3.05, 3.63) is 24.4 Å². The zero-order valence-electron chi connectivity index (χ0n) is 11.0. The Bertz CT molecular complexity index is 274. The minimum atomic E-state index is -0.461. The molecule has 0 heterocycles. The number of rotatable bonds is 4. The molecule has 0 aliphatic rings. The van der Waals surface area contributed by atoms with Crippen molar-refractivity contribution in [3.8, 4) is 0 Å². The molecule has 0 bridgehead atoms. The fraction of sp³-hybridized carbons (Fsp3) is 0.615. The van der Waals surface area contributed by atoms with Crippen molar-refractivity contribution in [1.82, 2.24) is 5.32 Å². The van der Waals surface area contributed by atoms with Gasteiger partial charge in [0, 0.05) is 5.70 Å². The predicted molar refractivity (Wildman–Crippen MR) is 67.1 cm³/mol. The first-order valence-corrected chi connectivity index (χ1v) is 5.54. The van der Waals surface area contributed by atoms with Gasteiger partial charge >= 0.3 is 6.09 Å². The first-order chi connectivity index (χ1) is 7.24. The van der Waals surface area contributed by atoms with E-state index < -0.39 is 11.7 Å². The van der Waals surface area contributed by atoms with E-state index in [-0.39, 0.29) is 0 Å². The molecule has 0 aromatic rings. The maximum absolute atomic E-state index is 11.4. The van der Waals surface area contributed by atoms with Crippen LogP contribution in [0.2, 0.25) is 0 Å². The smallest absolute Gasteiger partial charge is 0.411 e. The van der Waals surface area contributed by atoms with E-state index in [0.717, 1.165) is 12.1 Å².